The molecule has 122 heavy (non-hydrogen) atoms. The molecule has 624 valence electrons. The molecule has 1 atom stereocenters. The smallest absolute Gasteiger partial charge is 0.267 e. The molecule has 0 saturated heterocycles. The van der Waals surface area contributed by atoms with E-state index in [1.165, 1.54) is 97.0 Å². The Morgan fingerprint density at radius 2 is 1.02 bits per heavy atom. The maximum atomic E-state index is 16.0. The molecule has 0 spiro atoms. The van der Waals surface area contributed by atoms with E-state index in [2.05, 4.69) is 44.9 Å². The second kappa shape index (κ2) is 37.6. The van der Waals surface area contributed by atoms with Gasteiger partial charge in [-0.05, 0) is 199 Å². The molecule has 3 aliphatic carbocycles. The van der Waals surface area contributed by atoms with Crippen LogP contribution in [-0.4, -0.2) is 96.7 Å². The molecule has 40 heteroatoms. The lowest BCUT2D eigenvalue weighted by molar-refractivity contribution is 0.0977. The number of hydrogen-bond donors (Lipinski definition) is 5. The van der Waals surface area contributed by atoms with E-state index in [9.17, 15) is 65.6 Å². The highest BCUT2D eigenvalue weighted by molar-refractivity contribution is 8.15. The van der Waals surface area contributed by atoms with E-state index in [-0.39, 0.29) is 61.8 Å². The van der Waals surface area contributed by atoms with Gasteiger partial charge in [0.05, 0.1) is 67.4 Å². The molecule has 0 amide bonds. The predicted octanol–water partition coefficient (Wildman–Crippen LogP) is 17.8. The number of aromatic nitrogens is 10. The third-order valence-electron chi connectivity index (χ3n) is 18.5. The van der Waals surface area contributed by atoms with E-state index in [0.29, 0.717) is 43.9 Å². The quantitative estimate of drug-likeness (QED) is 0.00936. The number of thioether (sulfide) groups is 1. The normalized spacial score (nSPS) is 13.4. The van der Waals surface area contributed by atoms with Gasteiger partial charge in [0.2, 0.25) is 16.5 Å². The fourth-order valence-electron chi connectivity index (χ4n) is 12.2. The molecule has 0 bridgehead atoms. The Kier molecular flexibility index (Phi) is 27.1. The maximum absolute atomic E-state index is 16.0. The second-order valence-corrected chi connectivity index (χ2v) is 35.7. The Morgan fingerprint density at radius 3 is 1.57 bits per heavy atom. The molecule has 7 aromatic heterocycles. The molecule has 3 fully saturated rings. The number of rotatable bonds is 24. The maximum Gasteiger partial charge on any atom is 0.267 e. The third-order valence-corrected chi connectivity index (χ3v) is 25.9. The number of nitrogens with two attached hydrogens (primary N) is 2. The highest BCUT2D eigenvalue weighted by Crippen LogP contribution is 2.46. The van der Waals surface area contributed by atoms with E-state index in [4.69, 9.17) is 57.3 Å². The number of anilines is 3. The average Bonchev–Trinajstić information content (AvgIpc) is 1.44. The number of carbonyl (C=O) groups excluding carboxylic acids is 2. The molecule has 0 aliphatic heterocycles. The van der Waals surface area contributed by atoms with Crippen LogP contribution in [0.2, 0.25) is 10.6 Å². The number of hydrogen-bond acceptors (Lipinski definition) is 23. The van der Waals surface area contributed by atoms with Gasteiger partial charge in [0, 0.05) is 83.6 Å². The lowest BCUT2D eigenvalue weighted by Crippen LogP contribution is -2.19. The van der Waals surface area contributed by atoms with Crippen LogP contribution in [0.25, 0.3) is 32.4 Å². The van der Waals surface area contributed by atoms with Gasteiger partial charge >= 0.3 is 0 Å². The van der Waals surface area contributed by atoms with E-state index in [1.54, 1.807) is 24.7 Å². The fourth-order valence-corrected chi connectivity index (χ4v) is 18.5. The van der Waals surface area contributed by atoms with Crippen LogP contribution in [0.1, 0.15) is 127 Å². The van der Waals surface area contributed by atoms with Gasteiger partial charge in [-0.15, -0.1) is 11.3 Å². The summed E-state index contributed by atoms with van der Waals surface area (Å²) in [6.45, 7) is 0. The van der Waals surface area contributed by atoms with Crippen molar-refractivity contribution < 1.29 is 74.4 Å². The Balaban J connectivity index is 0.000000149. The van der Waals surface area contributed by atoms with Crippen molar-refractivity contribution in [2.75, 3.05) is 15.2 Å². The van der Waals surface area contributed by atoms with Gasteiger partial charge in [-0.25, -0.2) is 99.7 Å². The Morgan fingerprint density at radius 1 is 0.541 bits per heavy atom. The van der Waals surface area contributed by atoms with Crippen LogP contribution in [0.5, 0.6) is 0 Å². The number of sulfonamides is 2. The zero-order valence-corrected chi connectivity index (χ0v) is 68.9. The predicted molar refractivity (Wildman–Crippen MR) is 444 cm³/mol. The second-order valence-electron chi connectivity index (χ2n) is 27.3. The van der Waals surface area contributed by atoms with Gasteiger partial charge in [-0.3, -0.25) is 39.4 Å². The van der Waals surface area contributed by atoms with Gasteiger partial charge < -0.3 is 11.5 Å². The first kappa shape index (κ1) is 87.9. The topological polar surface area (TPSA) is 365 Å². The molecule has 3 saturated carbocycles. The zero-order chi connectivity index (χ0) is 87.1. The van der Waals surface area contributed by atoms with E-state index >= 15 is 8.78 Å². The molecule has 6 aromatic carbocycles. The minimum absolute atomic E-state index is 0.00435. The van der Waals surface area contributed by atoms with Gasteiger partial charge in [0.25, 0.3) is 20.0 Å². The number of ketones is 2. The molecule has 13 aromatic rings. The van der Waals surface area contributed by atoms with Crippen LogP contribution in [0, 0.1) is 57.8 Å². The summed E-state index contributed by atoms with van der Waals surface area (Å²) in [7, 11) is -14.3. The first-order valence-electron chi connectivity index (χ1n) is 36.2. The summed E-state index contributed by atoms with van der Waals surface area (Å²) < 4.78 is 211. The molecule has 16 rings (SSSR count). The molecule has 23 nitrogen and oxygen atoms in total. The van der Waals surface area contributed by atoms with Crippen molar-refractivity contribution in [3.63, 3.8) is 0 Å². The standard InChI is InChI=1S/C27H19ClF3N5O3S2.C27H19F3N6O2S2.C19H12ClF3N2O3S.C9H10N2S/c28-27-34-10-9-21(35-27)24(40-26(32)16-11-15(12-33-13-16)14-7-8-14)23(37)17-3-1-6-20(22(17)31)36-41(38,39)25-18(29)4-2-5-19(25)30;28-18-4-2-5-19(29)25(18)40(37,38)36-20-6-1-3-17(22(20)30)23-24(21-9-10-33-27(31)34-21)39-26(35-23)16-11-15(12-32-13-16)14-7-8-14;20-19-24-8-7-12(25-19)9-16(26)13-4-1-3-11(17(13)23)10-29(27,28)18-14(21)5-2-6-15(18)22;10-9(12)8-3-7(4-11-5-8)6-1-2-6/h1-6,9-14,24,32,36H,7-8H2;1-6,9-14,36H,7-8H2,(H2,31,33,34);1-8H,9-10H2;3-6H,1-2H2,(H2,10,12). The number of thiocarbonyl (C=S) groups is 1. The Labute approximate surface area is 713 Å². The van der Waals surface area contributed by atoms with Gasteiger partial charge in [0.15, 0.2) is 42.8 Å². The number of Topliss-reactive ketones (excluding diaryl/α,β-unsaturated/α-hetero) is 2. The Bertz CT molecular complexity index is 6590. The summed E-state index contributed by atoms with van der Waals surface area (Å²) in [4.78, 5) is 64.3. The number of benzene rings is 6. The minimum atomic E-state index is -4.91. The van der Waals surface area contributed by atoms with Crippen molar-refractivity contribution in [2.24, 2.45) is 5.73 Å². The number of sulfone groups is 1. The number of carbonyl (C=O) groups is 2. The molecular weight excluding hydrogens is 1760 g/mol. The SMILES string of the molecule is N=C(SC(C(=O)c1cccc(NS(=O)(=O)c2c(F)cccc2F)c1F)c1ccnc(Cl)n1)c1cncc(C2CC2)c1.NC(=S)c1cncc(C2CC2)c1.Nc1nccc(-c2sc(-c3cncc(C4CC4)c3)nc2-c2cccc(NS(=O)(=O)c3c(F)cccc3F)c2F)n1.O=C(Cc1ccnc(Cl)n1)c1cccc(CS(=O)(=O)c2c(F)cccc2F)c1F. The molecular formula is C82H60Cl2F9N15O8S6. The zero-order valence-electron chi connectivity index (χ0n) is 62.5. The van der Waals surface area contributed by atoms with Crippen molar-refractivity contribution in [3.8, 4) is 32.4 Å². The molecule has 0 radical (unpaired) electrons. The number of halogens is 11. The summed E-state index contributed by atoms with van der Waals surface area (Å²) >= 11 is 18.5. The van der Waals surface area contributed by atoms with Gasteiger partial charge in [0.1, 0.15) is 60.9 Å². The number of nitrogens with zero attached hydrogens (tertiary/aromatic N) is 10. The van der Waals surface area contributed by atoms with Crippen LogP contribution in [0.4, 0.5) is 56.8 Å². The first-order chi connectivity index (χ1) is 58.2. The highest BCUT2D eigenvalue weighted by Gasteiger charge is 2.35. The summed E-state index contributed by atoms with van der Waals surface area (Å²) in [5, 5.41) is 7.60. The highest BCUT2D eigenvalue weighted by atomic mass is 35.5. The van der Waals surface area contributed by atoms with Gasteiger partial charge in [-0.1, -0.05) is 66.4 Å². The number of nitrogen functional groups attached to an aromatic ring is 1. The lowest BCUT2D eigenvalue weighted by atomic mass is 10.0. The van der Waals surface area contributed by atoms with E-state index in [0.717, 1.165) is 139 Å². The van der Waals surface area contributed by atoms with Crippen LogP contribution in [-0.2, 0) is 42.1 Å². The molecule has 3 aliphatic rings. The monoisotopic (exact) mass is 1820 g/mol. The van der Waals surface area contributed by atoms with Crippen molar-refractivity contribution in [3.05, 3.63) is 320 Å². The van der Waals surface area contributed by atoms with Crippen LogP contribution >= 0.6 is 58.5 Å². The van der Waals surface area contributed by atoms with Crippen LogP contribution in [0.15, 0.2) is 216 Å². The first-order valence-corrected chi connectivity index (χ1v) is 43.7. The third kappa shape index (κ3) is 21.2. The van der Waals surface area contributed by atoms with Gasteiger partial charge in [-0.2, -0.15) is 0 Å². The summed E-state index contributed by atoms with van der Waals surface area (Å²) in [5.74, 6) is -12.3. The minimum Gasteiger partial charge on any atom is -0.389 e. The number of nitrogens with one attached hydrogen (secondary N) is 3. The van der Waals surface area contributed by atoms with Crippen LogP contribution < -0.4 is 20.9 Å². The van der Waals surface area contributed by atoms with Crippen molar-refractivity contribution in [1.82, 2.24) is 49.8 Å². The van der Waals surface area contributed by atoms with E-state index < -0.39 is 136 Å². The van der Waals surface area contributed by atoms with Crippen molar-refractivity contribution >= 4 is 127 Å². The fraction of sp³-hybridized carbons (Fsp3) is 0.146. The summed E-state index contributed by atoms with van der Waals surface area (Å²) in [6, 6.07) is 28.9. The number of thiazole rings is 1. The molecule has 7 N–H and O–H groups in total. The van der Waals surface area contributed by atoms with E-state index in [1.807, 2.05) is 40.0 Å². The molecule has 1 unspecified atom stereocenters. The lowest BCUT2D eigenvalue weighted by Gasteiger charge is -2.18. The average molecular weight is 1820 g/mol. The van der Waals surface area contributed by atoms with Crippen LogP contribution in [0.3, 0.4) is 0 Å². The Hall–Kier alpha value is -11.9. The largest absolute Gasteiger partial charge is 0.389 e. The molecule has 7 heterocycles. The summed E-state index contributed by atoms with van der Waals surface area (Å²) in [5.41, 5.74) is 15.0. The summed E-state index contributed by atoms with van der Waals surface area (Å²) in [6.07, 6.45) is 20.9. The van der Waals surface area contributed by atoms with Crippen molar-refractivity contribution in [1.29, 1.82) is 5.41 Å². The van der Waals surface area contributed by atoms with Crippen molar-refractivity contribution in [2.45, 2.75) is 88.4 Å². The number of pyridine rings is 3.